The van der Waals surface area contributed by atoms with Crippen LogP contribution in [-0.2, 0) is 8.85 Å². The molecule has 0 bridgehead atoms. The Morgan fingerprint density at radius 3 is 2.00 bits per heavy atom. The number of hydrogen-bond acceptors (Lipinski definition) is 4. The van der Waals surface area contributed by atoms with Crippen molar-refractivity contribution in [1.82, 2.24) is 5.32 Å². The van der Waals surface area contributed by atoms with Crippen molar-refractivity contribution < 1.29 is 8.85 Å². The zero-order valence-electron chi connectivity index (χ0n) is 14.6. The van der Waals surface area contributed by atoms with E-state index in [1.165, 1.54) is 19.3 Å². The first kappa shape index (κ1) is 21.1. The second-order valence-corrected chi connectivity index (χ2v) is 8.98. The molecule has 0 rings (SSSR count). The SMILES string of the molecule is CCC[Si](CCCNCCCCCCN)(OCC)OCC. The summed E-state index contributed by atoms with van der Waals surface area (Å²) in [4.78, 5) is 0. The van der Waals surface area contributed by atoms with Crippen molar-refractivity contribution in [2.75, 3.05) is 32.8 Å². The Morgan fingerprint density at radius 2 is 1.43 bits per heavy atom. The molecule has 0 saturated carbocycles. The number of rotatable bonds is 16. The quantitative estimate of drug-likeness (QED) is 0.338. The third-order valence-electron chi connectivity index (χ3n) is 3.66. The van der Waals surface area contributed by atoms with Crippen LogP contribution < -0.4 is 11.1 Å². The lowest BCUT2D eigenvalue weighted by Crippen LogP contribution is -2.42. The van der Waals surface area contributed by atoms with Crippen molar-refractivity contribution >= 4 is 8.56 Å². The highest BCUT2D eigenvalue weighted by molar-refractivity contribution is 6.67. The van der Waals surface area contributed by atoms with E-state index in [4.69, 9.17) is 14.6 Å². The lowest BCUT2D eigenvalue weighted by molar-refractivity contribution is 0.181. The van der Waals surface area contributed by atoms with Gasteiger partial charge in [-0.15, -0.1) is 0 Å². The summed E-state index contributed by atoms with van der Waals surface area (Å²) in [7, 11) is -1.94. The Balaban J connectivity index is 3.76. The van der Waals surface area contributed by atoms with Crippen LogP contribution in [0.2, 0.25) is 12.1 Å². The topological polar surface area (TPSA) is 56.5 Å². The summed E-state index contributed by atoms with van der Waals surface area (Å²) in [6.07, 6.45) is 7.29. The van der Waals surface area contributed by atoms with Gasteiger partial charge >= 0.3 is 8.56 Å². The maximum absolute atomic E-state index is 6.06. The molecule has 128 valence electrons. The van der Waals surface area contributed by atoms with Crippen LogP contribution in [0.3, 0.4) is 0 Å². The van der Waals surface area contributed by atoms with E-state index in [0.717, 1.165) is 64.2 Å². The van der Waals surface area contributed by atoms with Crippen molar-refractivity contribution in [1.29, 1.82) is 0 Å². The summed E-state index contributed by atoms with van der Waals surface area (Å²) in [6, 6.07) is 2.23. The molecular formula is C16H38N2O2Si. The van der Waals surface area contributed by atoms with Gasteiger partial charge in [0.1, 0.15) is 0 Å². The van der Waals surface area contributed by atoms with Crippen molar-refractivity contribution in [3.63, 3.8) is 0 Å². The second-order valence-electron chi connectivity index (χ2n) is 5.58. The van der Waals surface area contributed by atoms with Crippen LogP contribution in [0.15, 0.2) is 0 Å². The van der Waals surface area contributed by atoms with Crippen molar-refractivity contribution in [3.8, 4) is 0 Å². The molecule has 3 N–H and O–H groups in total. The van der Waals surface area contributed by atoms with E-state index in [9.17, 15) is 0 Å². The molecular weight excluding hydrogens is 280 g/mol. The Bertz CT molecular complexity index is 201. The molecule has 0 atom stereocenters. The van der Waals surface area contributed by atoms with Gasteiger partial charge in [-0.2, -0.15) is 0 Å². The van der Waals surface area contributed by atoms with Crippen LogP contribution >= 0.6 is 0 Å². The zero-order chi connectivity index (χ0) is 15.8. The Morgan fingerprint density at radius 1 is 0.810 bits per heavy atom. The van der Waals surface area contributed by atoms with Crippen LogP contribution in [0.1, 0.15) is 59.3 Å². The second kappa shape index (κ2) is 15.0. The summed E-state index contributed by atoms with van der Waals surface area (Å²) >= 11 is 0. The highest BCUT2D eigenvalue weighted by atomic mass is 28.4. The van der Waals surface area contributed by atoms with Gasteiger partial charge < -0.3 is 19.9 Å². The van der Waals surface area contributed by atoms with E-state index in [1.807, 2.05) is 0 Å². The Hall–Kier alpha value is 0.0569. The average Bonchev–Trinajstić information content (AvgIpc) is 2.46. The molecule has 0 aromatic heterocycles. The maximum Gasteiger partial charge on any atom is 0.338 e. The first-order chi connectivity index (χ1) is 10.2. The van der Waals surface area contributed by atoms with Crippen LogP contribution in [0, 0.1) is 0 Å². The first-order valence-electron chi connectivity index (χ1n) is 8.93. The van der Waals surface area contributed by atoms with E-state index >= 15 is 0 Å². The number of hydrogen-bond donors (Lipinski definition) is 2. The minimum atomic E-state index is -1.94. The van der Waals surface area contributed by atoms with Gasteiger partial charge in [-0.25, -0.2) is 0 Å². The molecule has 0 spiro atoms. The molecule has 4 nitrogen and oxygen atoms in total. The number of unbranched alkanes of at least 4 members (excludes halogenated alkanes) is 3. The molecule has 21 heavy (non-hydrogen) atoms. The summed E-state index contributed by atoms with van der Waals surface area (Å²) in [5, 5.41) is 3.54. The molecule has 0 aliphatic carbocycles. The number of nitrogens with two attached hydrogens (primary N) is 1. The molecule has 0 unspecified atom stereocenters. The smallest absolute Gasteiger partial charge is 0.338 e. The fourth-order valence-electron chi connectivity index (χ4n) is 2.72. The van der Waals surface area contributed by atoms with Gasteiger partial charge in [0.2, 0.25) is 0 Å². The van der Waals surface area contributed by atoms with Crippen LogP contribution in [0.5, 0.6) is 0 Å². The summed E-state index contributed by atoms with van der Waals surface area (Å²) in [5.74, 6) is 0. The molecule has 0 aliphatic heterocycles. The predicted molar refractivity (Wildman–Crippen MR) is 93.9 cm³/mol. The molecule has 5 heteroatoms. The van der Waals surface area contributed by atoms with E-state index in [-0.39, 0.29) is 0 Å². The van der Waals surface area contributed by atoms with Gasteiger partial charge in [0, 0.05) is 13.2 Å². The van der Waals surface area contributed by atoms with Gasteiger partial charge in [-0.3, -0.25) is 0 Å². The van der Waals surface area contributed by atoms with Crippen molar-refractivity contribution in [2.45, 2.75) is 71.4 Å². The highest BCUT2D eigenvalue weighted by Gasteiger charge is 2.35. The minimum absolute atomic E-state index is 0.779. The standard InChI is InChI=1S/C16H38N2O2Si/c1-4-15-21(19-5-2,20-6-3)16-11-14-18-13-10-8-7-9-12-17/h18H,4-17H2,1-3H3. The normalized spacial score (nSPS) is 12.0. The lowest BCUT2D eigenvalue weighted by atomic mass is 10.2. The molecule has 0 aromatic carbocycles. The minimum Gasteiger partial charge on any atom is -0.394 e. The third-order valence-corrected chi connectivity index (χ3v) is 7.67. The van der Waals surface area contributed by atoms with Gasteiger partial charge in [0.25, 0.3) is 0 Å². The van der Waals surface area contributed by atoms with Gasteiger partial charge in [0.15, 0.2) is 0 Å². The lowest BCUT2D eigenvalue weighted by Gasteiger charge is -2.30. The molecule has 0 radical (unpaired) electrons. The van der Waals surface area contributed by atoms with Gasteiger partial charge in [-0.1, -0.05) is 26.2 Å². The van der Waals surface area contributed by atoms with Crippen LogP contribution in [0.4, 0.5) is 0 Å². The summed E-state index contributed by atoms with van der Waals surface area (Å²) < 4.78 is 12.1. The monoisotopic (exact) mass is 318 g/mol. The van der Waals surface area contributed by atoms with Crippen molar-refractivity contribution in [3.05, 3.63) is 0 Å². The van der Waals surface area contributed by atoms with E-state index in [2.05, 4.69) is 26.1 Å². The average molecular weight is 319 g/mol. The molecule has 0 amide bonds. The third kappa shape index (κ3) is 11.3. The summed E-state index contributed by atoms with van der Waals surface area (Å²) in [5.41, 5.74) is 5.49. The van der Waals surface area contributed by atoms with Crippen molar-refractivity contribution in [2.24, 2.45) is 5.73 Å². The number of nitrogens with one attached hydrogen (secondary N) is 1. The summed E-state index contributed by atoms with van der Waals surface area (Å²) in [6.45, 7) is 11.0. The molecule has 0 aliphatic rings. The molecule has 0 saturated heterocycles. The molecule has 0 fully saturated rings. The van der Waals surface area contributed by atoms with E-state index < -0.39 is 8.56 Å². The van der Waals surface area contributed by atoms with E-state index in [1.54, 1.807) is 0 Å². The van der Waals surface area contributed by atoms with Gasteiger partial charge in [0.05, 0.1) is 0 Å². The largest absolute Gasteiger partial charge is 0.394 e. The molecule has 0 heterocycles. The fourth-order valence-corrected chi connectivity index (χ4v) is 6.16. The van der Waals surface area contributed by atoms with Crippen LogP contribution in [-0.4, -0.2) is 41.4 Å². The Kier molecular flexibility index (Phi) is 15.0. The fraction of sp³-hybridized carbons (Fsp3) is 1.00. The zero-order valence-corrected chi connectivity index (χ0v) is 15.6. The predicted octanol–water partition coefficient (Wildman–Crippen LogP) is 3.41. The molecule has 0 aromatic rings. The maximum atomic E-state index is 6.06. The highest BCUT2D eigenvalue weighted by Crippen LogP contribution is 2.22. The van der Waals surface area contributed by atoms with Crippen LogP contribution in [0.25, 0.3) is 0 Å². The van der Waals surface area contributed by atoms with E-state index in [0.29, 0.717) is 0 Å². The first-order valence-corrected chi connectivity index (χ1v) is 11.2. The van der Waals surface area contributed by atoms with Gasteiger partial charge in [-0.05, 0) is 64.8 Å². The Labute approximate surface area is 133 Å².